The molecule has 394 valence electrons. The van der Waals surface area contributed by atoms with Gasteiger partial charge in [0.1, 0.15) is 17.9 Å². The zero-order chi connectivity index (χ0) is 49.8. The molecule has 1 unspecified atom stereocenters. The number of ether oxygens (including phenoxy) is 2. The van der Waals surface area contributed by atoms with Crippen molar-refractivity contribution in [3.8, 4) is 0 Å². The van der Waals surface area contributed by atoms with Gasteiger partial charge in [0, 0.05) is 25.9 Å². The summed E-state index contributed by atoms with van der Waals surface area (Å²) in [5.41, 5.74) is 6.68. The Morgan fingerprint density at radius 1 is 0.725 bits per heavy atom. The van der Waals surface area contributed by atoms with Gasteiger partial charge in [-0.15, -0.1) is 0 Å². The highest BCUT2D eigenvalue weighted by Gasteiger charge is 2.28. The average Bonchev–Trinajstić information content (AvgIpc) is 3.64. The number of phosphoric ester groups is 1. The Labute approximate surface area is 415 Å². The third-order valence-corrected chi connectivity index (χ3v) is 14.0. The second-order valence-electron chi connectivity index (χ2n) is 19.2. The molecule has 0 amide bonds. The number of carbonyl (C=O) groups is 2. The van der Waals surface area contributed by atoms with E-state index in [0.29, 0.717) is 42.9 Å². The summed E-state index contributed by atoms with van der Waals surface area (Å²) in [4.78, 5) is 62.4. The van der Waals surface area contributed by atoms with E-state index < -0.39 is 32.5 Å². The van der Waals surface area contributed by atoms with Crippen molar-refractivity contribution in [3.05, 3.63) is 40.6 Å². The molecule has 0 radical (unpaired) electrons. The van der Waals surface area contributed by atoms with Gasteiger partial charge in [-0.3, -0.25) is 23.2 Å². The molecule has 2 aromatic rings. The normalized spacial score (nSPS) is 15.1. The fourth-order valence-corrected chi connectivity index (χ4v) is 9.53. The molecule has 1 fully saturated rings. The number of unbranched alkanes of at least 4 members (excludes halogenated alkanes) is 22. The van der Waals surface area contributed by atoms with E-state index in [2.05, 4.69) is 58.0 Å². The van der Waals surface area contributed by atoms with Crippen LogP contribution in [0.25, 0.3) is 11.2 Å². The summed E-state index contributed by atoms with van der Waals surface area (Å²) < 4.78 is 36.4. The first kappa shape index (κ1) is 59.9. The van der Waals surface area contributed by atoms with E-state index in [1.807, 2.05) is 0 Å². The van der Waals surface area contributed by atoms with E-state index in [-0.39, 0.29) is 43.5 Å². The van der Waals surface area contributed by atoms with Crippen LogP contribution in [0.1, 0.15) is 212 Å². The van der Waals surface area contributed by atoms with Crippen molar-refractivity contribution in [2.75, 3.05) is 45.2 Å². The second-order valence-corrected chi connectivity index (χ2v) is 20.7. The van der Waals surface area contributed by atoms with Crippen molar-refractivity contribution in [2.24, 2.45) is 5.92 Å². The first-order valence-corrected chi connectivity index (χ1v) is 28.7. The molecular formula is C53H93N6O9P. The molecule has 0 aromatic carbocycles. The van der Waals surface area contributed by atoms with E-state index in [1.54, 1.807) is 11.5 Å². The van der Waals surface area contributed by atoms with Gasteiger partial charge in [-0.25, -0.2) is 19.3 Å². The van der Waals surface area contributed by atoms with E-state index in [9.17, 15) is 23.8 Å². The third-order valence-electron chi connectivity index (χ3n) is 13.0. The number of allylic oxidation sites excluding steroid dienone is 4. The standard InChI is InChI=1S/C53H93N6O9P/c1-4-6-8-10-12-14-16-18-20-22-24-26-28-30-32-34-48(60)65-43-47(68-49(61)35-33-31-29-27-25-23-21-19-17-15-13-11-9-7-5-2)44-67-69(63,64)66-41-40-58-38-36-46(37-39-58)42-59-52-50(57-53(59)62)51(54)55-45(3)56-52/h18-21,46-47H,4-17,22-44H2,1-3H3,(H,57,62)(H,63,64)(H2,54,55,56)/b20-18-,21-19-/t47-/m1/s1. The number of phosphoric acid groups is 1. The predicted octanol–water partition coefficient (Wildman–Crippen LogP) is 12.4. The van der Waals surface area contributed by atoms with Crippen molar-refractivity contribution in [3.63, 3.8) is 0 Å². The Hall–Kier alpha value is -3.36. The van der Waals surface area contributed by atoms with Crippen LogP contribution in [-0.2, 0) is 39.2 Å². The van der Waals surface area contributed by atoms with Crippen LogP contribution in [0.15, 0.2) is 29.1 Å². The number of anilines is 1. The fourth-order valence-electron chi connectivity index (χ4n) is 8.78. The highest BCUT2D eigenvalue weighted by atomic mass is 31.2. The number of aryl methyl sites for hydroxylation is 1. The molecule has 0 bridgehead atoms. The minimum atomic E-state index is -4.52. The number of H-pyrrole nitrogens is 1. The number of rotatable bonds is 42. The van der Waals surface area contributed by atoms with Gasteiger partial charge in [0.15, 0.2) is 17.6 Å². The number of nitrogens with two attached hydrogens (primary N) is 1. The lowest BCUT2D eigenvalue weighted by Crippen LogP contribution is -2.37. The Morgan fingerprint density at radius 2 is 1.22 bits per heavy atom. The Balaban J connectivity index is 1.35. The number of fused-ring (bicyclic) bond motifs is 1. The van der Waals surface area contributed by atoms with Gasteiger partial charge in [0.25, 0.3) is 0 Å². The van der Waals surface area contributed by atoms with Crippen LogP contribution in [0.3, 0.4) is 0 Å². The van der Waals surface area contributed by atoms with Crippen LogP contribution in [0.5, 0.6) is 0 Å². The Kier molecular flexibility index (Phi) is 32.5. The molecule has 1 aliphatic heterocycles. The number of imidazole rings is 1. The van der Waals surface area contributed by atoms with Crippen molar-refractivity contribution >= 4 is 36.7 Å². The predicted molar refractivity (Wildman–Crippen MR) is 278 cm³/mol. The number of aromatic nitrogens is 4. The van der Waals surface area contributed by atoms with Crippen LogP contribution < -0.4 is 11.4 Å². The van der Waals surface area contributed by atoms with E-state index in [4.69, 9.17) is 24.3 Å². The monoisotopic (exact) mass is 989 g/mol. The Bertz CT molecular complexity index is 1840. The van der Waals surface area contributed by atoms with Crippen LogP contribution in [0.4, 0.5) is 5.82 Å². The van der Waals surface area contributed by atoms with Gasteiger partial charge in [-0.2, -0.15) is 0 Å². The number of carbonyl (C=O) groups excluding carboxylic acids is 2. The van der Waals surface area contributed by atoms with Gasteiger partial charge in [0.2, 0.25) is 0 Å². The number of esters is 2. The second kappa shape index (κ2) is 37.4. The van der Waals surface area contributed by atoms with Gasteiger partial charge < -0.3 is 30.0 Å². The van der Waals surface area contributed by atoms with E-state index in [1.165, 1.54) is 83.5 Å². The number of hydrogen-bond donors (Lipinski definition) is 3. The van der Waals surface area contributed by atoms with Crippen LogP contribution in [0, 0.1) is 12.8 Å². The molecule has 0 spiro atoms. The molecule has 4 N–H and O–H groups in total. The summed E-state index contributed by atoms with van der Waals surface area (Å²) in [6, 6.07) is 0. The molecular weight excluding hydrogens is 896 g/mol. The number of nitrogens with one attached hydrogen (secondary N) is 1. The van der Waals surface area contributed by atoms with E-state index in [0.717, 1.165) is 96.6 Å². The van der Waals surface area contributed by atoms with Gasteiger partial charge >= 0.3 is 25.5 Å². The van der Waals surface area contributed by atoms with Gasteiger partial charge in [-0.1, -0.05) is 141 Å². The molecule has 69 heavy (non-hydrogen) atoms. The van der Waals surface area contributed by atoms with Crippen molar-refractivity contribution < 1.29 is 37.6 Å². The maximum Gasteiger partial charge on any atom is 0.472 e. The molecule has 3 heterocycles. The van der Waals surface area contributed by atoms with E-state index >= 15 is 0 Å². The fraction of sp³-hybridized carbons (Fsp3) is 0.792. The first-order valence-electron chi connectivity index (χ1n) is 27.2. The summed E-state index contributed by atoms with van der Waals surface area (Å²) in [7, 11) is -4.52. The molecule has 2 atom stereocenters. The van der Waals surface area contributed by atoms with Gasteiger partial charge in [-0.05, 0) is 103 Å². The highest BCUT2D eigenvalue weighted by Crippen LogP contribution is 2.43. The zero-order valence-electron chi connectivity index (χ0n) is 43.2. The maximum atomic E-state index is 13.0. The molecule has 1 saturated heterocycles. The summed E-state index contributed by atoms with van der Waals surface area (Å²) in [5.74, 6) is 0.108. The molecule has 15 nitrogen and oxygen atoms in total. The maximum absolute atomic E-state index is 13.0. The molecule has 2 aromatic heterocycles. The number of nitrogen functional groups attached to an aromatic ring is 1. The molecule has 0 saturated carbocycles. The summed E-state index contributed by atoms with van der Waals surface area (Å²) in [6.45, 7) is 7.77. The molecule has 0 aliphatic carbocycles. The summed E-state index contributed by atoms with van der Waals surface area (Å²) in [5, 5.41) is 0. The van der Waals surface area contributed by atoms with Crippen molar-refractivity contribution in [1.82, 2.24) is 24.4 Å². The van der Waals surface area contributed by atoms with Crippen molar-refractivity contribution in [1.29, 1.82) is 0 Å². The van der Waals surface area contributed by atoms with Crippen LogP contribution in [0.2, 0.25) is 0 Å². The number of nitrogens with zero attached hydrogens (tertiary/aromatic N) is 4. The smallest absolute Gasteiger partial charge is 0.462 e. The minimum Gasteiger partial charge on any atom is -0.462 e. The quantitative estimate of drug-likeness (QED) is 0.0246. The van der Waals surface area contributed by atoms with Crippen molar-refractivity contribution in [2.45, 2.75) is 226 Å². The number of likely N-dealkylation sites (tertiary alicyclic amines) is 1. The molecule has 3 rings (SSSR count). The summed E-state index contributed by atoms with van der Waals surface area (Å²) in [6.07, 6.45) is 40.3. The minimum absolute atomic E-state index is 0.0549. The topological polar surface area (TPSA) is 201 Å². The highest BCUT2D eigenvalue weighted by molar-refractivity contribution is 7.47. The van der Waals surface area contributed by atoms with Crippen LogP contribution in [-0.4, -0.2) is 86.8 Å². The largest absolute Gasteiger partial charge is 0.472 e. The number of hydrogen-bond acceptors (Lipinski definition) is 12. The number of aromatic amines is 1. The molecule has 1 aliphatic rings. The SMILES string of the molecule is CCCCCCCC/C=C\CCCCCCCC(=O)OC[C@H](COP(=O)(O)OCCN1CCC(Cn2c(=O)[nH]c3c(N)nc(C)nc32)CC1)OC(=O)CCCCCCC/C=C\CCCCCCCC. The zero-order valence-corrected chi connectivity index (χ0v) is 44.0. The third kappa shape index (κ3) is 28.3. The lowest BCUT2D eigenvalue weighted by molar-refractivity contribution is -0.161. The number of piperidine rings is 1. The Morgan fingerprint density at radius 3 is 1.75 bits per heavy atom. The lowest BCUT2D eigenvalue weighted by atomic mass is 9.97. The first-order chi connectivity index (χ1) is 33.5. The van der Waals surface area contributed by atoms with Gasteiger partial charge in [0.05, 0.1) is 13.2 Å². The summed E-state index contributed by atoms with van der Waals surface area (Å²) >= 11 is 0. The lowest BCUT2D eigenvalue weighted by Gasteiger charge is -2.32. The average molecular weight is 989 g/mol. The molecule has 16 heteroatoms. The van der Waals surface area contributed by atoms with Crippen LogP contribution >= 0.6 is 7.82 Å².